The van der Waals surface area contributed by atoms with Crippen LogP contribution in [0.1, 0.15) is 36.6 Å². The van der Waals surface area contributed by atoms with E-state index in [-0.39, 0.29) is 29.2 Å². The highest BCUT2D eigenvalue weighted by atomic mass is 16.5. The SMILES string of the molecule is COc1ccc(C=O)cc1COc1ccc(-c2c(C(=O)O)c(N)[nH]c(=O)c2C(=O)O)cc1OC. The predicted molar refractivity (Wildman–Crippen MR) is 120 cm³/mol. The molecule has 2 aromatic carbocycles. The average molecular weight is 468 g/mol. The van der Waals surface area contributed by atoms with E-state index in [1.165, 1.54) is 32.4 Å². The summed E-state index contributed by atoms with van der Waals surface area (Å²) in [6, 6.07) is 8.97. The van der Waals surface area contributed by atoms with Crippen LogP contribution in [-0.2, 0) is 6.61 Å². The zero-order valence-corrected chi connectivity index (χ0v) is 18.1. The molecule has 0 unspecified atom stereocenters. The van der Waals surface area contributed by atoms with E-state index in [0.717, 1.165) is 0 Å². The van der Waals surface area contributed by atoms with Crippen molar-refractivity contribution in [2.75, 3.05) is 20.0 Å². The summed E-state index contributed by atoms with van der Waals surface area (Å²) in [5, 5.41) is 19.1. The van der Waals surface area contributed by atoms with Gasteiger partial charge in [-0.3, -0.25) is 9.59 Å². The predicted octanol–water partition coefficient (Wildman–Crippen LogP) is 2.43. The molecule has 1 aromatic heterocycles. The molecular formula is C23H20N2O9. The summed E-state index contributed by atoms with van der Waals surface area (Å²) in [7, 11) is 2.81. The number of hydrogen-bond acceptors (Lipinski definition) is 8. The summed E-state index contributed by atoms with van der Waals surface area (Å²) < 4.78 is 16.4. The van der Waals surface area contributed by atoms with Gasteiger partial charge in [0.1, 0.15) is 35.6 Å². The van der Waals surface area contributed by atoms with E-state index in [2.05, 4.69) is 0 Å². The zero-order chi connectivity index (χ0) is 25.0. The first-order valence-corrected chi connectivity index (χ1v) is 9.67. The van der Waals surface area contributed by atoms with Gasteiger partial charge < -0.3 is 35.1 Å². The van der Waals surface area contributed by atoms with Crippen molar-refractivity contribution in [3.05, 3.63) is 69.0 Å². The van der Waals surface area contributed by atoms with Gasteiger partial charge in [-0.15, -0.1) is 0 Å². The normalized spacial score (nSPS) is 10.4. The van der Waals surface area contributed by atoms with Gasteiger partial charge in [-0.05, 0) is 35.9 Å². The van der Waals surface area contributed by atoms with Crippen LogP contribution in [0.2, 0.25) is 0 Å². The van der Waals surface area contributed by atoms with Crippen LogP contribution in [-0.4, -0.2) is 47.6 Å². The molecule has 0 radical (unpaired) electrons. The Morgan fingerprint density at radius 3 is 2.21 bits per heavy atom. The standard InChI is InChI=1S/C23H20N2O9/c1-32-14-5-3-11(9-26)7-13(14)10-34-15-6-4-12(8-16(15)33-2)17-18(22(28)29)20(24)25-21(27)19(17)23(30)31/h3-9H,10H2,1-2H3,(H,28,29)(H,30,31)(H3,24,25,27). The van der Waals surface area contributed by atoms with Gasteiger partial charge in [0.25, 0.3) is 5.56 Å². The summed E-state index contributed by atoms with van der Waals surface area (Å²) in [5.74, 6) is -2.77. The molecule has 0 aliphatic rings. The molecule has 11 nitrogen and oxygen atoms in total. The molecule has 176 valence electrons. The Bertz CT molecular complexity index is 1340. The number of H-pyrrole nitrogens is 1. The third-order valence-corrected chi connectivity index (χ3v) is 4.95. The number of aromatic carboxylic acids is 2. The number of ether oxygens (including phenoxy) is 3. The third kappa shape index (κ3) is 4.53. The number of carboxylic acid groups (broad SMARTS) is 2. The summed E-state index contributed by atoms with van der Waals surface area (Å²) in [6.07, 6.45) is 0.686. The average Bonchev–Trinajstić information content (AvgIpc) is 2.81. The van der Waals surface area contributed by atoms with Gasteiger partial charge in [0.2, 0.25) is 0 Å². The molecule has 0 saturated heterocycles. The van der Waals surface area contributed by atoms with E-state index in [1.807, 2.05) is 4.98 Å². The van der Waals surface area contributed by atoms with Crippen LogP contribution in [0, 0.1) is 0 Å². The van der Waals surface area contributed by atoms with Gasteiger partial charge in [0, 0.05) is 16.7 Å². The fourth-order valence-electron chi connectivity index (χ4n) is 3.42. The number of nitrogen functional groups attached to an aromatic ring is 1. The van der Waals surface area contributed by atoms with Gasteiger partial charge in [-0.1, -0.05) is 6.07 Å². The highest BCUT2D eigenvalue weighted by molar-refractivity contribution is 6.07. The Hall–Kier alpha value is -4.80. The fourth-order valence-corrected chi connectivity index (χ4v) is 3.42. The molecule has 3 aromatic rings. The van der Waals surface area contributed by atoms with Crippen LogP contribution in [0.15, 0.2) is 41.2 Å². The van der Waals surface area contributed by atoms with Gasteiger partial charge in [-0.2, -0.15) is 0 Å². The zero-order valence-electron chi connectivity index (χ0n) is 18.1. The van der Waals surface area contributed by atoms with E-state index in [4.69, 9.17) is 19.9 Å². The van der Waals surface area contributed by atoms with Crippen LogP contribution in [0.5, 0.6) is 17.2 Å². The van der Waals surface area contributed by atoms with E-state index in [9.17, 15) is 29.4 Å². The summed E-state index contributed by atoms with van der Waals surface area (Å²) >= 11 is 0. The number of carbonyl (C=O) groups excluding carboxylic acids is 1. The van der Waals surface area contributed by atoms with Crippen molar-refractivity contribution < 1.29 is 38.8 Å². The van der Waals surface area contributed by atoms with Crippen molar-refractivity contribution in [3.8, 4) is 28.4 Å². The van der Waals surface area contributed by atoms with Crippen LogP contribution in [0.3, 0.4) is 0 Å². The molecule has 0 atom stereocenters. The first-order chi connectivity index (χ1) is 16.2. The van der Waals surface area contributed by atoms with Gasteiger partial charge in [-0.25, -0.2) is 9.59 Å². The second-order valence-electron chi connectivity index (χ2n) is 6.95. The van der Waals surface area contributed by atoms with Crippen LogP contribution < -0.4 is 25.5 Å². The lowest BCUT2D eigenvalue weighted by Crippen LogP contribution is -2.24. The maximum Gasteiger partial charge on any atom is 0.342 e. The van der Waals surface area contributed by atoms with Gasteiger partial charge in [0.15, 0.2) is 11.5 Å². The highest BCUT2D eigenvalue weighted by Crippen LogP contribution is 2.36. The van der Waals surface area contributed by atoms with Crippen LogP contribution in [0.25, 0.3) is 11.1 Å². The number of aldehydes is 1. The smallest absolute Gasteiger partial charge is 0.342 e. The second-order valence-corrected chi connectivity index (χ2v) is 6.95. The number of nitrogens with two attached hydrogens (primary N) is 1. The Morgan fingerprint density at radius 1 is 0.971 bits per heavy atom. The maximum absolute atomic E-state index is 12.2. The molecule has 0 bridgehead atoms. The van der Waals surface area contributed by atoms with Crippen molar-refractivity contribution in [1.29, 1.82) is 0 Å². The number of carboxylic acids is 2. The van der Waals surface area contributed by atoms with Crippen molar-refractivity contribution in [1.82, 2.24) is 4.98 Å². The largest absolute Gasteiger partial charge is 0.496 e. The maximum atomic E-state index is 12.2. The lowest BCUT2D eigenvalue weighted by atomic mass is 9.95. The van der Waals surface area contributed by atoms with Crippen LogP contribution in [0.4, 0.5) is 5.82 Å². The van der Waals surface area contributed by atoms with E-state index >= 15 is 0 Å². The van der Waals surface area contributed by atoms with E-state index in [1.54, 1.807) is 18.2 Å². The number of anilines is 1. The first kappa shape index (κ1) is 23.9. The van der Waals surface area contributed by atoms with E-state index in [0.29, 0.717) is 23.2 Å². The fraction of sp³-hybridized carbons (Fsp3) is 0.130. The Labute approximate surface area is 192 Å². The van der Waals surface area contributed by atoms with Gasteiger partial charge >= 0.3 is 11.9 Å². The number of benzene rings is 2. The number of nitrogens with one attached hydrogen (secondary N) is 1. The number of carbonyl (C=O) groups is 3. The van der Waals surface area contributed by atoms with Crippen LogP contribution >= 0.6 is 0 Å². The topological polar surface area (TPSA) is 178 Å². The first-order valence-electron chi connectivity index (χ1n) is 9.67. The molecule has 3 rings (SSSR count). The number of rotatable bonds is 9. The lowest BCUT2D eigenvalue weighted by molar-refractivity contribution is 0.0695. The molecular weight excluding hydrogens is 448 g/mol. The third-order valence-electron chi connectivity index (χ3n) is 4.95. The Balaban J connectivity index is 2.08. The molecule has 5 N–H and O–H groups in total. The molecule has 34 heavy (non-hydrogen) atoms. The Morgan fingerprint density at radius 2 is 1.62 bits per heavy atom. The Kier molecular flexibility index (Phi) is 6.86. The molecule has 0 aliphatic carbocycles. The van der Waals surface area contributed by atoms with Crippen molar-refractivity contribution in [2.24, 2.45) is 0 Å². The molecule has 0 amide bonds. The number of aromatic amines is 1. The van der Waals surface area contributed by atoms with Crippen molar-refractivity contribution >= 4 is 24.0 Å². The molecule has 0 spiro atoms. The minimum absolute atomic E-state index is 0.000729. The highest BCUT2D eigenvalue weighted by Gasteiger charge is 2.27. The van der Waals surface area contributed by atoms with E-state index < -0.39 is 34.4 Å². The molecule has 11 heteroatoms. The molecule has 1 heterocycles. The number of pyridine rings is 1. The van der Waals surface area contributed by atoms with Crippen molar-refractivity contribution in [2.45, 2.75) is 6.61 Å². The van der Waals surface area contributed by atoms with Gasteiger partial charge in [0.05, 0.1) is 14.2 Å². The molecule has 0 saturated carbocycles. The number of methoxy groups -OCH3 is 2. The monoisotopic (exact) mass is 468 g/mol. The minimum Gasteiger partial charge on any atom is -0.496 e. The quantitative estimate of drug-likeness (QED) is 0.341. The lowest BCUT2D eigenvalue weighted by Gasteiger charge is -2.16. The second kappa shape index (κ2) is 9.77. The molecule has 0 aliphatic heterocycles. The number of aromatic nitrogens is 1. The molecule has 0 fully saturated rings. The summed E-state index contributed by atoms with van der Waals surface area (Å²) in [5.41, 5.74) is 3.99. The summed E-state index contributed by atoms with van der Waals surface area (Å²) in [6.45, 7) is -0.000729. The minimum atomic E-state index is -1.62. The number of hydrogen-bond donors (Lipinski definition) is 4. The van der Waals surface area contributed by atoms with Crippen molar-refractivity contribution in [3.63, 3.8) is 0 Å². The summed E-state index contributed by atoms with van der Waals surface area (Å²) in [4.78, 5) is 48.9.